The smallest absolute Gasteiger partial charge is 0.262 e. The maximum Gasteiger partial charge on any atom is 0.262 e. The van der Waals surface area contributed by atoms with E-state index in [1.54, 1.807) is 22.5 Å². The van der Waals surface area contributed by atoms with Crippen LogP contribution in [-0.2, 0) is 45.1 Å². The molecule has 3 heterocycles. The first kappa shape index (κ1) is 15.3. The summed E-state index contributed by atoms with van der Waals surface area (Å²) in [5.41, 5.74) is 7.70. The number of hydrogen-bond acceptors (Lipinski definition) is 1. The molecule has 0 saturated carbocycles. The van der Waals surface area contributed by atoms with Crippen LogP contribution in [0.1, 0.15) is 78.9 Å². The number of imidazole rings is 1. The summed E-state index contributed by atoms with van der Waals surface area (Å²) >= 11 is 0. The molecular formula is C23H29N2O+. The van der Waals surface area contributed by atoms with Crippen molar-refractivity contribution >= 4 is 5.70 Å². The van der Waals surface area contributed by atoms with Gasteiger partial charge < -0.3 is 4.42 Å². The molecule has 0 radical (unpaired) electrons. The van der Waals surface area contributed by atoms with Crippen molar-refractivity contribution in [3.63, 3.8) is 0 Å². The summed E-state index contributed by atoms with van der Waals surface area (Å²) in [5.74, 6) is 4.82. The van der Waals surface area contributed by atoms with E-state index >= 15 is 0 Å². The molecule has 0 spiro atoms. The summed E-state index contributed by atoms with van der Waals surface area (Å²) in [6.45, 7) is 3.61. The fourth-order valence-corrected chi connectivity index (χ4v) is 5.97. The Morgan fingerprint density at radius 2 is 1.85 bits per heavy atom. The van der Waals surface area contributed by atoms with Crippen molar-refractivity contribution in [3.05, 3.63) is 45.9 Å². The summed E-state index contributed by atoms with van der Waals surface area (Å²) < 4.78 is 11.9. The molecule has 2 aromatic rings. The quantitative estimate of drug-likeness (QED) is 0.709. The van der Waals surface area contributed by atoms with E-state index in [0.717, 1.165) is 18.8 Å². The van der Waals surface area contributed by atoms with Gasteiger partial charge in [0, 0.05) is 30.7 Å². The molecule has 0 amide bonds. The van der Waals surface area contributed by atoms with Crippen molar-refractivity contribution in [2.45, 2.75) is 84.1 Å². The molecule has 3 aliphatic carbocycles. The predicted octanol–water partition coefficient (Wildman–Crippen LogP) is 4.15. The van der Waals surface area contributed by atoms with E-state index in [1.165, 1.54) is 87.4 Å². The number of furan rings is 1. The summed E-state index contributed by atoms with van der Waals surface area (Å²) in [6.07, 6.45) is 16.2. The molecule has 3 heteroatoms. The number of hydrogen-bond donors (Lipinski definition) is 0. The van der Waals surface area contributed by atoms with Gasteiger partial charge in [0.25, 0.3) is 5.82 Å². The highest BCUT2D eigenvalue weighted by molar-refractivity contribution is 5.69. The van der Waals surface area contributed by atoms with Gasteiger partial charge in [0.1, 0.15) is 11.5 Å². The largest absolute Gasteiger partial charge is 0.457 e. The second-order valence-corrected chi connectivity index (χ2v) is 8.92. The van der Waals surface area contributed by atoms with Crippen LogP contribution in [0.3, 0.4) is 0 Å². The third kappa shape index (κ3) is 2.03. The zero-order valence-corrected chi connectivity index (χ0v) is 15.9. The minimum absolute atomic E-state index is 0.761. The van der Waals surface area contributed by atoms with Gasteiger partial charge in [-0.2, -0.15) is 4.57 Å². The highest BCUT2D eigenvalue weighted by Gasteiger charge is 2.41. The van der Waals surface area contributed by atoms with Crippen molar-refractivity contribution in [2.75, 3.05) is 0 Å². The van der Waals surface area contributed by atoms with E-state index in [9.17, 15) is 0 Å². The van der Waals surface area contributed by atoms with Crippen LogP contribution < -0.4 is 4.57 Å². The van der Waals surface area contributed by atoms with Gasteiger partial charge in [0.15, 0.2) is 17.2 Å². The molecule has 0 bridgehead atoms. The van der Waals surface area contributed by atoms with Crippen LogP contribution in [0.4, 0.5) is 0 Å². The van der Waals surface area contributed by atoms with Crippen LogP contribution in [0.5, 0.6) is 0 Å². The van der Waals surface area contributed by atoms with Crippen LogP contribution in [0, 0.1) is 5.92 Å². The van der Waals surface area contributed by atoms with E-state index in [1.807, 2.05) is 0 Å². The summed E-state index contributed by atoms with van der Waals surface area (Å²) in [6, 6.07) is 0. The molecule has 0 saturated heterocycles. The van der Waals surface area contributed by atoms with Gasteiger partial charge >= 0.3 is 0 Å². The molecule has 136 valence electrons. The molecule has 0 N–H and O–H groups in total. The van der Waals surface area contributed by atoms with Gasteiger partial charge in [0.05, 0.1) is 13.0 Å². The Morgan fingerprint density at radius 1 is 1.00 bits per heavy atom. The first-order valence-corrected chi connectivity index (χ1v) is 10.8. The Kier molecular flexibility index (Phi) is 3.30. The second-order valence-electron chi connectivity index (χ2n) is 8.92. The van der Waals surface area contributed by atoms with E-state index < -0.39 is 0 Å². The van der Waals surface area contributed by atoms with Gasteiger partial charge in [-0.1, -0.05) is 6.92 Å². The van der Waals surface area contributed by atoms with Gasteiger partial charge in [0.2, 0.25) is 0 Å². The van der Waals surface area contributed by atoms with E-state index in [2.05, 4.69) is 22.1 Å². The predicted molar refractivity (Wildman–Crippen MR) is 101 cm³/mol. The number of aromatic nitrogens is 2. The van der Waals surface area contributed by atoms with E-state index in [0.29, 0.717) is 0 Å². The van der Waals surface area contributed by atoms with E-state index in [-0.39, 0.29) is 0 Å². The fourth-order valence-electron chi connectivity index (χ4n) is 5.97. The molecule has 4 aliphatic rings. The van der Waals surface area contributed by atoms with Crippen LogP contribution in [0.2, 0.25) is 0 Å². The Labute approximate surface area is 155 Å². The molecule has 3 nitrogen and oxygen atoms in total. The lowest BCUT2D eigenvalue weighted by atomic mass is 9.90. The van der Waals surface area contributed by atoms with Crippen molar-refractivity contribution < 1.29 is 8.98 Å². The Bertz CT molecular complexity index is 927. The summed E-state index contributed by atoms with van der Waals surface area (Å²) in [7, 11) is 0. The molecule has 2 aromatic heterocycles. The first-order valence-electron chi connectivity index (χ1n) is 10.8. The van der Waals surface area contributed by atoms with Gasteiger partial charge in [-0.25, -0.2) is 4.57 Å². The third-order valence-electron chi connectivity index (χ3n) is 7.09. The van der Waals surface area contributed by atoms with Crippen molar-refractivity contribution in [2.24, 2.45) is 5.92 Å². The van der Waals surface area contributed by atoms with E-state index in [4.69, 9.17) is 4.42 Å². The summed E-state index contributed by atoms with van der Waals surface area (Å²) in [5, 5.41) is 0. The van der Waals surface area contributed by atoms with Crippen LogP contribution >= 0.6 is 0 Å². The second kappa shape index (κ2) is 5.61. The molecule has 1 unspecified atom stereocenters. The number of rotatable bonds is 1. The maximum atomic E-state index is 6.54. The third-order valence-corrected chi connectivity index (χ3v) is 7.09. The number of aryl methyl sites for hydroxylation is 1. The fraction of sp³-hybridized carbons (Fsp3) is 0.609. The van der Waals surface area contributed by atoms with Crippen molar-refractivity contribution in [3.8, 4) is 0 Å². The standard InChI is InChI=1S/C23H29N2O/c1-15-13-22-24(14-15)18-9-3-4-10-19(18)25(22)20-11-6-8-17-16-7-2-5-12-21(16)26-23(17)20/h11,15H,2-10,12-14H2,1H3/q+1. The Hall–Kier alpha value is -1.77. The summed E-state index contributed by atoms with van der Waals surface area (Å²) in [4.78, 5) is 0. The molecule has 0 aromatic carbocycles. The average Bonchev–Trinajstić information content (AvgIpc) is 3.31. The van der Waals surface area contributed by atoms with Gasteiger partial charge in [-0.15, -0.1) is 0 Å². The lowest BCUT2D eigenvalue weighted by Crippen LogP contribution is -2.37. The van der Waals surface area contributed by atoms with Crippen molar-refractivity contribution in [1.29, 1.82) is 0 Å². The zero-order chi connectivity index (χ0) is 17.3. The van der Waals surface area contributed by atoms with Crippen LogP contribution in [-0.4, -0.2) is 4.57 Å². The highest BCUT2D eigenvalue weighted by Crippen LogP contribution is 2.40. The van der Waals surface area contributed by atoms with Crippen LogP contribution in [0.15, 0.2) is 10.5 Å². The molecule has 0 fully saturated rings. The minimum Gasteiger partial charge on any atom is -0.457 e. The molecular weight excluding hydrogens is 320 g/mol. The minimum atomic E-state index is 0.761. The highest BCUT2D eigenvalue weighted by atomic mass is 16.3. The van der Waals surface area contributed by atoms with Gasteiger partial charge in [-0.05, 0) is 56.6 Å². The average molecular weight is 349 g/mol. The molecule has 1 atom stereocenters. The maximum absolute atomic E-state index is 6.54. The lowest BCUT2D eigenvalue weighted by molar-refractivity contribution is -0.700. The monoisotopic (exact) mass is 349 g/mol. The Morgan fingerprint density at radius 3 is 2.81 bits per heavy atom. The normalized spacial score (nSPS) is 23.9. The number of allylic oxidation sites excluding steroid dienone is 1. The SMILES string of the molecule is CC1Cc2n(C3=CCCc4c3oc3c4CCCC3)c3c([n+]2C1)CCCC3. The molecule has 1 aliphatic heterocycles. The Balaban J connectivity index is 1.55. The zero-order valence-electron chi connectivity index (χ0n) is 15.9. The first-order chi connectivity index (χ1) is 12.8. The van der Waals surface area contributed by atoms with Crippen molar-refractivity contribution in [1.82, 2.24) is 4.57 Å². The molecule has 26 heavy (non-hydrogen) atoms. The van der Waals surface area contributed by atoms with Gasteiger partial charge in [-0.3, -0.25) is 0 Å². The lowest BCUT2D eigenvalue weighted by Gasteiger charge is -2.16. The number of nitrogens with zero attached hydrogens (tertiary/aromatic N) is 2. The number of fused-ring (bicyclic) bond motifs is 6. The molecule has 6 rings (SSSR count). The topological polar surface area (TPSA) is 21.9 Å². The van der Waals surface area contributed by atoms with Crippen LogP contribution in [0.25, 0.3) is 5.70 Å².